The van der Waals surface area contributed by atoms with Crippen LogP contribution in [0.5, 0.6) is 0 Å². The molecule has 2 aromatic carbocycles. The van der Waals surface area contributed by atoms with Crippen molar-refractivity contribution >= 4 is 41.2 Å². The fraction of sp³-hybridized carbons (Fsp3) is 0. The molecule has 0 unspecified atom stereocenters. The van der Waals surface area contributed by atoms with Crippen molar-refractivity contribution in [3.8, 4) is 0 Å². The van der Waals surface area contributed by atoms with Crippen molar-refractivity contribution in [2.24, 2.45) is 5.10 Å². The van der Waals surface area contributed by atoms with Gasteiger partial charge in [-0.1, -0.05) is 41.4 Å². The molecule has 0 fully saturated rings. The third-order valence-electron chi connectivity index (χ3n) is 3.05. The maximum absolute atomic E-state index is 12.1. The van der Waals surface area contributed by atoms with E-state index in [4.69, 9.17) is 23.2 Å². The van der Waals surface area contributed by atoms with Crippen molar-refractivity contribution in [2.75, 3.05) is 0 Å². The van der Waals surface area contributed by atoms with Crippen LogP contribution in [0.25, 0.3) is 0 Å². The Balaban J connectivity index is 1.91. The van der Waals surface area contributed by atoms with Crippen LogP contribution in [0, 0.1) is 0 Å². The number of amides is 2. The zero-order valence-electron chi connectivity index (χ0n) is 10.6. The van der Waals surface area contributed by atoms with Gasteiger partial charge in [-0.3, -0.25) is 9.59 Å². The smallest absolute Gasteiger partial charge is 0.267 e. The molecule has 0 bridgehead atoms. The third-order valence-corrected chi connectivity index (χ3v) is 3.61. The molecule has 0 aliphatic carbocycles. The summed E-state index contributed by atoms with van der Waals surface area (Å²) in [5, 5.41) is 5.66. The first-order valence-corrected chi connectivity index (χ1v) is 6.80. The molecule has 2 amide bonds. The van der Waals surface area contributed by atoms with Gasteiger partial charge < -0.3 is 0 Å². The van der Waals surface area contributed by atoms with Gasteiger partial charge >= 0.3 is 0 Å². The number of nitrogens with zero attached hydrogens (tertiary/aromatic N) is 2. The lowest BCUT2D eigenvalue weighted by Crippen LogP contribution is -2.24. The highest BCUT2D eigenvalue weighted by atomic mass is 35.5. The highest BCUT2D eigenvalue weighted by Gasteiger charge is 2.35. The molecule has 6 heteroatoms. The van der Waals surface area contributed by atoms with Crippen molar-refractivity contribution in [1.82, 2.24) is 5.01 Å². The minimum absolute atomic E-state index is 0.349. The Morgan fingerprint density at radius 2 is 1.57 bits per heavy atom. The lowest BCUT2D eigenvalue weighted by molar-refractivity contribution is 0.0660. The van der Waals surface area contributed by atoms with Gasteiger partial charge in [-0.2, -0.15) is 10.1 Å². The number of benzene rings is 2. The molecule has 0 radical (unpaired) electrons. The topological polar surface area (TPSA) is 49.7 Å². The molecule has 0 atom stereocenters. The number of rotatable bonds is 2. The Morgan fingerprint density at radius 3 is 2.14 bits per heavy atom. The van der Waals surface area contributed by atoms with E-state index in [0.29, 0.717) is 26.7 Å². The van der Waals surface area contributed by atoms with Crippen molar-refractivity contribution in [3.05, 3.63) is 69.2 Å². The molecule has 0 saturated carbocycles. The zero-order chi connectivity index (χ0) is 15.0. The predicted octanol–water partition coefficient (Wildman–Crippen LogP) is 3.62. The van der Waals surface area contributed by atoms with Gasteiger partial charge in [0.2, 0.25) is 0 Å². The van der Waals surface area contributed by atoms with E-state index in [9.17, 15) is 9.59 Å². The van der Waals surface area contributed by atoms with Crippen LogP contribution in [0.1, 0.15) is 26.3 Å². The first-order valence-electron chi connectivity index (χ1n) is 6.05. The lowest BCUT2D eigenvalue weighted by Gasteiger charge is -2.06. The first kappa shape index (κ1) is 13.8. The second kappa shape index (κ2) is 5.31. The van der Waals surface area contributed by atoms with Crippen LogP contribution in [0.3, 0.4) is 0 Å². The van der Waals surface area contributed by atoms with Crippen LogP contribution in [-0.2, 0) is 0 Å². The molecule has 1 aliphatic heterocycles. The summed E-state index contributed by atoms with van der Waals surface area (Å²) in [6, 6.07) is 11.5. The molecule has 2 aromatic rings. The highest BCUT2D eigenvalue weighted by molar-refractivity contribution is 6.36. The first-order chi connectivity index (χ1) is 10.1. The third kappa shape index (κ3) is 2.44. The molecule has 21 heavy (non-hydrogen) atoms. The number of hydrogen-bond acceptors (Lipinski definition) is 3. The van der Waals surface area contributed by atoms with Gasteiger partial charge in [-0.05, 0) is 24.3 Å². The van der Waals surface area contributed by atoms with Gasteiger partial charge in [0, 0.05) is 10.6 Å². The summed E-state index contributed by atoms with van der Waals surface area (Å²) in [4.78, 5) is 24.2. The van der Waals surface area contributed by atoms with Gasteiger partial charge in [0.15, 0.2) is 0 Å². The number of carbonyl (C=O) groups excluding carboxylic acids is 2. The minimum atomic E-state index is -0.447. The fourth-order valence-electron chi connectivity index (χ4n) is 2.01. The van der Waals surface area contributed by atoms with E-state index in [0.717, 1.165) is 5.01 Å². The second-order valence-electron chi connectivity index (χ2n) is 4.38. The quantitative estimate of drug-likeness (QED) is 0.627. The Bertz CT molecular complexity index is 752. The summed E-state index contributed by atoms with van der Waals surface area (Å²) < 4.78 is 0. The average molecular weight is 319 g/mol. The molecule has 3 rings (SSSR count). The van der Waals surface area contributed by atoms with Gasteiger partial charge in [0.25, 0.3) is 11.8 Å². The predicted molar refractivity (Wildman–Crippen MR) is 81.0 cm³/mol. The molecular formula is C15H8Cl2N2O2. The zero-order valence-corrected chi connectivity index (χ0v) is 12.1. The maximum Gasteiger partial charge on any atom is 0.282 e. The molecule has 1 heterocycles. The van der Waals surface area contributed by atoms with Crippen LogP contribution in [0.4, 0.5) is 0 Å². The van der Waals surface area contributed by atoms with Crippen molar-refractivity contribution in [1.29, 1.82) is 0 Å². The lowest BCUT2D eigenvalue weighted by atomic mass is 10.1. The van der Waals surface area contributed by atoms with E-state index >= 15 is 0 Å². The molecule has 0 saturated heterocycles. The van der Waals surface area contributed by atoms with E-state index < -0.39 is 11.8 Å². The summed E-state index contributed by atoms with van der Waals surface area (Å²) >= 11 is 11.8. The summed E-state index contributed by atoms with van der Waals surface area (Å²) in [6.07, 6.45) is 1.36. The average Bonchev–Trinajstić information content (AvgIpc) is 2.71. The Kier molecular flexibility index (Phi) is 3.49. The maximum atomic E-state index is 12.1. The van der Waals surface area contributed by atoms with Gasteiger partial charge in [-0.15, -0.1) is 0 Å². The number of fused-ring (bicyclic) bond motifs is 1. The van der Waals surface area contributed by atoms with Crippen LogP contribution in [-0.4, -0.2) is 23.0 Å². The second-order valence-corrected chi connectivity index (χ2v) is 5.22. The van der Waals surface area contributed by atoms with E-state index in [1.54, 1.807) is 42.5 Å². The van der Waals surface area contributed by atoms with Crippen LogP contribution in [0.15, 0.2) is 47.6 Å². The van der Waals surface area contributed by atoms with Crippen molar-refractivity contribution in [3.63, 3.8) is 0 Å². The van der Waals surface area contributed by atoms with E-state index in [2.05, 4.69) is 5.10 Å². The van der Waals surface area contributed by atoms with Gasteiger partial charge in [0.1, 0.15) is 0 Å². The Labute approximate surface area is 130 Å². The Hall–Kier alpha value is -2.17. The van der Waals surface area contributed by atoms with E-state index in [-0.39, 0.29) is 0 Å². The highest BCUT2D eigenvalue weighted by Crippen LogP contribution is 2.23. The summed E-state index contributed by atoms with van der Waals surface area (Å²) in [5.41, 5.74) is 1.27. The summed E-state index contributed by atoms with van der Waals surface area (Å²) in [7, 11) is 0. The van der Waals surface area contributed by atoms with E-state index in [1.165, 1.54) is 6.21 Å². The van der Waals surface area contributed by atoms with E-state index in [1.807, 2.05) is 0 Å². The number of hydrogen-bond donors (Lipinski definition) is 0. The standard InChI is InChI=1S/C15H8Cl2N2O2/c16-10-6-5-9(13(17)7-10)8-18-19-14(20)11-3-1-2-4-12(11)15(19)21/h1-8H/b18-8-. The number of halogens is 2. The number of imide groups is 1. The molecule has 1 aliphatic rings. The fourth-order valence-corrected chi connectivity index (χ4v) is 2.46. The SMILES string of the molecule is O=C1c2ccccc2C(=O)N1/N=C\c1ccc(Cl)cc1Cl. The summed E-state index contributed by atoms with van der Waals surface area (Å²) in [6.45, 7) is 0. The van der Waals surface area contributed by atoms with Gasteiger partial charge in [0.05, 0.1) is 22.4 Å². The Morgan fingerprint density at radius 1 is 0.952 bits per heavy atom. The van der Waals surface area contributed by atoms with Crippen LogP contribution < -0.4 is 0 Å². The molecule has 104 valence electrons. The number of hydrazone groups is 1. The molecular weight excluding hydrogens is 311 g/mol. The van der Waals surface area contributed by atoms with Gasteiger partial charge in [-0.25, -0.2) is 0 Å². The largest absolute Gasteiger partial charge is 0.282 e. The molecule has 0 N–H and O–H groups in total. The van der Waals surface area contributed by atoms with Crippen LogP contribution >= 0.6 is 23.2 Å². The molecule has 0 aromatic heterocycles. The normalized spacial score (nSPS) is 14.1. The van der Waals surface area contributed by atoms with Crippen molar-refractivity contribution in [2.45, 2.75) is 0 Å². The monoisotopic (exact) mass is 318 g/mol. The van der Waals surface area contributed by atoms with Crippen molar-refractivity contribution < 1.29 is 9.59 Å². The minimum Gasteiger partial charge on any atom is -0.267 e. The summed E-state index contributed by atoms with van der Waals surface area (Å²) in [5.74, 6) is -0.895. The molecule has 4 nitrogen and oxygen atoms in total. The number of carbonyl (C=O) groups is 2. The van der Waals surface area contributed by atoms with Crippen LogP contribution in [0.2, 0.25) is 10.0 Å². The molecule has 0 spiro atoms.